The van der Waals surface area contributed by atoms with Gasteiger partial charge in [0, 0.05) is 32.0 Å². The van der Waals surface area contributed by atoms with E-state index in [2.05, 4.69) is 31.9 Å². The Labute approximate surface area is 185 Å². The van der Waals surface area contributed by atoms with E-state index >= 15 is 0 Å². The number of nitrogens with zero attached hydrogens (tertiary/aromatic N) is 8. The molecule has 6 heterocycles. The van der Waals surface area contributed by atoms with Gasteiger partial charge < -0.3 is 9.80 Å². The van der Waals surface area contributed by atoms with Crippen LogP contribution in [0.3, 0.4) is 0 Å². The van der Waals surface area contributed by atoms with Gasteiger partial charge in [-0.05, 0) is 43.4 Å². The second-order valence-corrected chi connectivity index (χ2v) is 8.79. The molecular weight excluding hydrogens is 407 g/mol. The van der Waals surface area contributed by atoms with Gasteiger partial charge in [-0.15, -0.1) is 0 Å². The number of fused-ring (bicyclic) bond motifs is 1. The molecule has 0 bridgehead atoms. The number of anilines is 2. The summed E-state index contributed by atoms with van der Waals surface area (Å²) in [5.41, 5.74) is 3.15. The summed E-state index contributed by atoms with van der Waals surface area (Å²) < 4.78 is 18.0. The van der Waals surface area contributed by atoms with E-state index in [-0.39, 0.29) is 11.9 Å². The normalized spacial score (nSPS) is 21.2. The van der Waals surface area contributed by atoms with Gasteiger partial charge in [-0.25, -0.2) is 18.6 Å². The molecule has 0 radical (unpaired) electrons. The quantitative estimate of drug-likeness (QED) is 0.491. The molecule has 2 aliphatic heterocycles. The molecule has 0 aromatic carbocycles. The summed E-state index contributed by atoms with van der Waals surface area (Å²) in [6.45, 7) is 5.21. The fourth-order valence-corrected chi connectivity index (χ4v) is 4.92. The summed E-state index contributed by atoms with van der Waals surface area (Å²) in [5.74, 6) is 1.24. The van der Waals surface area contributed by atoms with E-state index in [0.717, 1.165) is 55.3 Å². The molecule has 32 heavy (non-hydrogen) atoms. The first-order valence-electron chi connectivity index (χ1n) is 11.2. The maximum Gasteiger partial charge on any atom is 0.183 e. The Kier molecular flexibility index (Phi) is 4.55. The van der Waals surface area contributed by atoms with Crippen molar-refractivity contribution in [1.29, 1.82) is 0 Å². The number of aromatic nitrogens is 6. The highest BCUT2D eigenvalue weighted by molar-refractivity contribution is 5.62. The third kappa shape index (κ3) is 3.19. The van der Waals surface area contributed by atoms with E-state index in [4.69, 9.17) is 4.98 Å². The summed E-state index contributed by atoms with van der Waals surface area (Å²) in [6.07, 6.45) is 12.3. The van der Waals surface area contributed by atoms with Gasteiger partial charge in [0.15, 0.2) is 5.65 Å². The lowest BCUT2D eigenvalue weighted by molar-refractivity contribution is 0.562. The summed E-state index contributed by atoms with van der Waals surface area (Å²) in [4.78, 5) is 13.7. The van der Waals surface area contributed by atoms with Crippen LogP contribution in [0, 0.1) is 11.7 Å². The van der Waals surface area contributed by atoms with Crippen LogP contribution in [0.2, 0.25) is 0 Å². The van der Waals surface area contributed by atoms with Crippen molar-refractivity contribution in [3.63, 3.8) is 0 Å². The van der Waals surface area contributed by atoms with Crippen LogP contribution in [-0.4, -0.2) is 49.0 Å². The van der Waals surface area contributed by atoms with Gasteiger partial charge in [0.2, 0.25) is 0 Å². The molecule has 2 unspecified atom stereocenters. The highest BCUT2D eigenvalue weighted by Crippen LogP contribution is 2.35. The van der Waals surface area contributed by atoms with Crippen molar-refractivity contribution in [3.8, 4) is 5.69 Å². The Balaban J connectivity index is 1.34. The first-order chi connectivity index (χ1) is 15.7. The zero-order chi connectivity index (χ0) is 21.7. The monoisotopic (exact) mass is 432 g/mol. The summed E-state index contributed by atoms with van der Waals surface area (Å²) in [7, 11) is 0. The number of hydrogen-bond acceptors (Lipinski definition) is 6. The Morgan fingerprint density at radius 3 is 2.88 bits per heavy atom. The summed E-state index contributed by atoms with van der Waals surface area (Å²) >= 11 is 0. The Bertz CT molecular complexity index is 1260. The molecule has 2 atom stereocenters. The van der Waals surface area contributed by atoms with Gasteiger partial charge >= 0.3 is 0 Å². The molecule has 4 aromatic rings. The third-order valence-corrected chi connectivity index (χ3v) is 6.59. The minimum atomic E-state index is -0.268. The zero-order valence-corrected chi connectivity index (χ0v) is 18.0. The number of halogens is 1. The number of pyridine rings is 1. The molecule has 6 rings (SSSR count). The van der Waals surface area contributed by atoms with Crippen LogP contribution < -0.4 is 9.80 Å². The molecule has 9 heteroatoms. The third-order valence-electron chi connectivity index (χ3n) is 6.59. The molecule has 0 N–H and O–H groups in total. The predicted molar refractivity (Wildman–Crippen MR) is 120 cm³/mol. The van der Waals surface area contributed by atoms with Crippen molar-refractivity contribution in [3.05, 3.63) is 60.7 Å². The van der Waals surface area contributed by atoms with Crippen LogP contribution >= 0.6 is 0 Å². The van der Waals surface area contributed by atoms with Gasteiger partial charge in [-0.2, -0.15) is 10.2 Å². The Morgan fingerprint density at radius 1 is 1.09 bits per heavy atom. The standard InChI is InChI=1S/C23H25FN8/c1-16-6-10-29(14-16)17-12-26-32(15-17)20-13-27-31-11-7-21(28-23(20)31)30-9-3-5-19(30)22-18(24)4-2-8-25-22/h2,4,7-8,11-13,15-16,19H,3,5-6,9-10,14H2,1H3. The Hall–Kier alpha value is -3.49. The number of rotatable bonds is 4. The fraction of sp³-hybridized carbons (Fsp3) is 0.391. The molecule has 8 nitrogen and oxygen atoms in total. The highest BCUT2D eigenvalue weighted by atomic mass is 19.1. The maximum absolute atomic E-state index is 14.4. The van der Waals surface area contributed by atoms with E-state index in [0.29, 0.717) is 11.6 Å². The maximum atomic E-state index is 14.4. The molecule has 2 fully saturated rings. The minimum Gasteiger partial charge on any atom is -0.369 e. The van der Waals surface area contributed by atoms with Crippen molar-refractivity contribution >= 4 is 17.2 Å². The Morgan fingerprint density at radius 2 is 2.03 bits per heavy atom. The van der Waals surface area contributed by atoms with E-state index in [1.54, 1.807) is 23.0 Å². The highest BCUT2D eigenvalue weighted by Gasteiger charge is 2.30. The van der Waals surface area contributed by atoms with Gasteiger partial charge in [-0.1, -0.05) is 6.92 Å². The van der Waals surface area contributed by atoms with Crippen molar-refractivity contribution in [2.75, 3.05) is 29.4 Å². The van der Waals surface area contributed by atoms with E-state index in [9.17, 15) is 4.39 Å². The molecule has 2 aliphatic rings. The first-order valence-corrected chi connectivity index (χ1v) is 11.2. The average molecular weight is 433 g/mol. The predicted octanol–water partition coefficient (Wildman–Crippen LogP) is 3.64. The van der Waals surface area contributed by atoms with Crippen LogP contribution in [0.1, 0.15) is 37.9 Å². The second kappa shape index (κ2) is 7.58. The van der Waals surface area contributed by atoms with Crippen molar-refractivity contribution in [2.24, 2.45) is 5.92 Å². The molecule has 0 spiro atoms. The molecule has 0 saturated carbocycles. The summed E-state index contributed by atoms with van der Waals surface area (Å²) in [5, 5.41) is 9.05. The second-order valence-electron chi connectivity index (χ2n) is 8.79. The SMILES string of the molecule is CC1CCN(c2cnn(-c3cnn4ccc(N5CCCC5c5ncccc5F)nc34)c2)C1. The number of hydrogen-bond donors (Lipinski definition) is 0. The lowest BCUT2D eigenvalue weighted by Gasteiger charge is -2.25. The molecule has 4 aromatic heterocycles. The lowest BCUT2D eigenvalue weighted by atomic mass is 10.1. The minimum absolute atomic E-state index is 0.119. The zero-order valence-electron chi connectivity index (χ0n) is 18.0. The topological polar surface area (TPSA) is 67.4 Å². The van der Waals surface area contributed by atoms with E-state index < -0.39 is 0 Å². The molecular formula is C23H25FN8. The van der Waals surface area contributed by atoms with E-state index in [1.165, 1.54) is 12.5 Å². The van der Waals surface area contributed by atoms with Gasteiger partial charge in [-0.3, -0.25) is 4.98 Å². The van der Waals surface area contributed by atoms with Gasteiger partial charge in [0.05, 0.1) is 36.0 Å². The van der Waals surface area contributed by atoms with Crippen LogP contribution in [0.15, 0.2) is 49.2 Å². The van der Waals surface area contributed by atoms with Crippen molar-refractivity contribution in [1.82, 2.24) is 29.4 Å². The average Bonchev–Trinajstić information content (AvgIpc) is 3.59. The summed E-state index contributed by atoms with van der Waals surface area (Å²) in [6, 6.07) is 4.91. The molecule has 0 aliphatic carbocycles. The smallest absolute Gasteiger partial charge is 0.183 e. The van der Waals surface area contributed by atoms with Gasteiger partial charge in [0.25, 0.3) is 0 Å². The fourth-order valence-electron chi connectivity index (χ4n) is 4.92. The van der Waals surface area contributed by atoms with Crippen LogP contribution in [0.4, 0.5) is 15.9 Å². The van der Waals surface area contributed by atoms with Crippen LogP contribution in [0.25, 0.3) is 11.3 Å². The first kappa shape index (κ1) is 19.2. The van der Waals surface area contributed by atoms with Crippen LogP contribution in [-0.2, 0) is 0 Å². The van der Waals surface area contributed by atoms with Crippen molar-refractivity contribution < 1.29 is 4.39 Å². The van der Waals surface area contributed by atoms with Crippen molar-refractivity contribution in [2.45, 2.75) is 32.2 Å². The van der Waals surface area contributed by atoms with Crippen LogP contribution in [0.5, 0.6) is 0 Å². The van der Waals surface area contributed by atoms with E-state index in [1.807, 2.05) is 29.3 Å². The lowest BCUT2D eigenvalue weighted by Crippen LogP contribution is -2.25. The molecule has 2 saturated heterocycles. The van der Waals surface area contributed by atoms with Gasteiger partial charge in [0.1, 0.15) is 17.3 Å². The largest absolute Gasteiger partial charge is 0.369 e. The molecule has 164 valence electrons. The molecule has 0 amide bonds.